The van der Waals surface area contributed by atoms with Crippen molar-refractivity contribution in [3.63, 3.8) is 0 Å². The summed E-state index contributed by atoms with van der Waals surface area (Å²) >= 11 is 2.97. The van der Waals surface area contributed by atoms with Crippen LogP contribution in [0.5, 0.6) is 11.5 Å². The fraction of sp³-hybridized carbons (Fsp3) is 0.150. The van der Waals surface area contributed by atoms with Crippen molar-refractivity contribution in [1.29, 1.82) is 0 Å². The van der Waals surface area contributed by atoms with Gasteiger partial charge in [-0.05, 0) is 42.0 Å². The highest BCUT2D eigenvalue weighted by Crippen LogP contribution is 2.32. The number of nitrogens with one attached hydrogen (secondary N) is 1. The summed E-state index contributed by atoms with van der Waals surface area (Å²) in [7, 11) is 3.21. The first kappa shape index (κ1) is 19.3. The second kappa shape index (κ2) is 8.54. The second-order valence-electron chi connectivity index (χ2n) is 5.97. The van der Waals surface area contributed by atoms with Crippen molar-refractivity contribution in [3.8, 4) is 11.5 Å². The minimum atomic E-state index is -0.388. The second-order valence-corrected chi connectivity index (χ2v) is 8.17. The largest absolute Gasteiger partial charge is 0.497 e. The Morgan fingerprint density at radius 2 is 1.79 bits per heavy atom. The van der Waals surface area contributed by atoms with E-state index in [0.29, 0.717) is 22.2 Å². The van der Waals surface area contributed by atoms with E-state index < -0.39 is 0 Å². The summed E-state index contributed by atoms with van der Waals surface area (Å²) in [6.45, 7) is 0. The first-order valence-electron chi connectivity index (χ1n) is 8.63. The van der Waals surface area contributed by atoms with Crippen molar-refractivity contribution >= 4 is 44.9 Å². The number of thioether (sulfide) groups is 1. The lowest BCUT2D eigenvalue weighted by Crippen LogP contribution is -2.00. The Morgan fingerprint density at radius 1 is 1.03 bits per heavy atom. The molecule has 0 amide bonds. The summed E-state index contributed by atoms with van der Waals surface area (Å²) in [4.78, 5) is 11.9. The molecule has 1 N–H and O–H groups in total. The highest BCUT2D eigenvalue weighted by molar-refractivity contribution is 8.00. The molecule has 4 aromatic rings. The van der Waals surface area contributed by atoms with E-state index in [4.69, 9.17) is 13.9 Å². The molecular weight excluding hydrogens is 410 g/mol. The van der Waals surface area contributed by atoms with Gasteiger partial charge in [0.25, 0.3) is 0 Å². The Hall–Kier alpha value is -3.04. The van der Waals surface area contributed by atoms with Gasteiger partial charge >= 0.3 is 5.63 Å². The summed E-state index contributed by atoms with van der Waals surface area (Å²) < 4.78 is 16.5. The highest BCUT2D eigenvalue weighted by atomic mass is 32.2. The number of anilines is 2. The van der Waals surface area contributed by atoms with Crippen LogP contribution in [-0.4, -0.2) is 24.4 Å². The van der Waals surface area contributed by atoms with Crippen LogP contribution < -0.4 is 20.4 Å². The fourth-order valence-corrected chi connectivity index (χ4v) is 4.48. The molecule has 0 unspecified atom stereocenters. The van der Waals surface area contributed by atoms with Gasteiger partial charge < -0.3 is 19.2 Å². The molecule has 2 aromatic carbocycles. The average Bonchev–Trinajstić information content (AvgIpc) is 3.19. The number of benzene rings is 2. The number of aromatic nitrogens is 2. The van der Waals surface area contributed by atoms with Gasteiger partial charge in [-0.1, -0.05) is 23.1 Å². The third-order valence-corrected chi connectivity index (χ3v) is 6.16. The molecule has 29 heavy (non-hydrogen) atoms. The quantitative estimate of drug-likeness (QED) is 0.336. The number of hydrogen-bond acceptors (Lipinski definition) is 9. The molecule has 0 saturated heterocycles. The molecule has 2 heterocycles. The molecule has 0 aliphatic heterocycles. The molecule has 0 fully saturated rings. The van der Waals surface area contributed by atoms with Gasteiger partial charge in [-0.2, -0.15) is 0 Å². The van der Waals surface area contributed by atoms with Crippen LogP contribution in [-0.2, 0) is 5.75 Å². The van der Waals surface area contributed by atoms with Crippen LogP contribution in [0.15, 0.2) is 62.1 Å². The minimum absolute atomic E-state index is 0.388. The summed E-state index contributed by atoms with van der Waals surface area (Å²) in [6, 6.07) is 14.5. The lowest BCUT2D eigenvalue weighted by atomic mass is 10.1. The van der Waals surface area contributed by atoms with Gasteiger partial charge in [0, 0.05) is 29.0 Å². The summed E-state index contributed by atoms with van der Waals surface area (Å²) in [5, 5.41) is 13.2. The molecule has 0 radical (unpaired) electrons. The van der Waals surface area contributed by atoms with E-state index in [1.807, 2.05) is 36.4 Å². The van der Waals surface area contributed by atoms with Crippen LogP contribution in [0.4, 0.5) is 10.8 Å². The monoisotopic (exact) mass is 427 g/mol. The number of hydrogen-bond donors (Lipinski definition) is 1. The molecule has 0 saturated carbocycles. The maximum Gasteiger partial charge on any atom is 0.336 e. The van der Waals surface area contributed by atoms with Crippen LogP contribution >= 0.6 is 23.1 Å². The van der Waals surface area contributed by atoms with Crippen LogP contribution in [0.3, 0.4) is 0 Å². The predicted molar refractivity (Wildman–Crippen MR) is 115 cm³/mol. The summed E-state index contributed by atoms with van der Waals surface area (Å²) in [6.07, 6.45) is 0. The van der Waals surface area contributed by atoms with Gasteiger partial charge in [-0.15, -0.1) is 10.2 Å². The van der Waals surface area contributed by atoms with E-state index in [1.54, 1.807) is 20.3 Å². The third kappa shape index (κ3) is 4.52. The molecule has 0 atom stereocenters. The Balaban J connectivity index is 1.47. The number of ether oxygens (including phenoxy) is 2. The first-order valence-corrected chi connectivity index (χ1v) is 10.4. The molecular formula is C20H17N3O4S2. The third-order valence-electron chi connectivity index (χ3n) is 4.14. The molecule has 148 valence electrons. The topological polar surface area (TPSA) is 86.5 Å². The van der Waals surface area contributed by atoms with E-state index in [1.165, 1.54) is 29.2 Å². The molecule has 0 spiro atoms. The molecule has 7 nitrogen and oxygen atoms in total. The van der Waals surface area contributed by atoms with E-state index in [2.05, 4.69) is 15.5 Å². The summed E-state index contributed by atoms with van der Waals surface area (Å²) in [5.74, 6) is 2.01. The maximum atomic E-state index is 11.9. The molecule has 0 bridgehead atoms. The van der Waals surface area contributed by atoms with Crippen LogP contribution in [0.25, 0.3) is 11.0 Å². The van der Waals surface area contributed by atoms with Crippen molar-refractivity contribution in [3.05, 3.63) is 64.5 Å². The zero-order valence-electron chi connectivity index (χ0n) is 15.7. The van der Waals surface area contributed by atoms with Crippen molar-refractivity contribution in [2.75, 3.05) is 19.5 Å². The van der Waals surface area contributed by atoms with Gasteiger partial charge in [-0.25, -0.2) is 4.79 Å². The average molecular weight is 428 g/mol. The normalized spacial score (nSPS) is 10.8. The Bertz CT molecular complexity index is 1190. The molecule has 4 rings (SSSR count). The fourth-order valence-electron chi connectivity index (χ4n) is 2.71. The van der Waals surface area contributed by atoms with E-state index in [-0.39, 0.29) is 5.63 Å². The van der Waals surface area contributed by atoms with Gasteiger partial charge in [-0.3, -0.25) is 0 Å². The lowest BCUT2D eigenvalue weighted by Gasteiger charge is -2.05. The molecule has 9 heteroatoms. The zero-order chi connectivity index (χ0) is 20.2. The predicted octanol–water partition coefficient (Wildman–Crippen LogP) is 4.70. The standard InChI is InChI=1S/C20H17N3O4S2/c1-25-14-5-3-13(4-6-14)21-19-22-23-20(29-19)28-11-12-9-18(24)27-17-10-15(26-2)7-8-16(12)17/h3-10H,11H2,1-2H3,(H,21,22). The molecule has 2 aromatic heterocycles. The van der Waals surface area contributed by atoms with Crippen molar-refractivity contribution in [2.45, 2.75) is 10.1 Å². The van der Waals surface area contributed by atoms with Crippen molar-refractivity contribution < 1.29 is 13.9 Å². The van der Waals surface area contributed by atoms with Crippen molar-refractivity contribution in [2.24, 2.45) is 0 Å². The molecule has 0 aliphatic rings. The lowest BCUT2D eigenvalue weighted by molar-refractivity contribution is 0.414. The number of rotatable bonds is 7. The Kier molecular flexibility index (Phi) is 5.68. The SMILES string of the molecule is COc1ccc(Nc2nnc(SCc3cc(=O)oc4cc(OC)ccc34)s2)cc1. The van der Waals surface area contributed by atoms with Gasteiger partial charge in [0.1, 0.15) is 17.1 Å². The zero-order valence-corrected chi connectivity index (χ0v) is 17.3. The highest BCUT2D eigenvalue weighted by Gasteiger charge is 2.10. The van der Waals surface area contributed by atoms with Gasteiger partial charge in [0.2, 0.25) is 5.13 Å². The molecule has 0 aliphatic carbocycles. The number of nitrogens with zero attached hydrogens (tertiary/aromatic N) is 2. The number of methoxy groups -OCH3 is 2. The minimum Gasteiger partial charge on any atom is -0.497 e. The van der Waals surface area contributed by atoms with Crippen LogP contribution in [0.1, 0.15) is 5.56 Å². The van der Waals surface area contributed by atoms with E-state index in [9.17, 15) is 4.79 Å². The van der Waals surface area contributed by atoms with Crippen molar-refractivity contribution in [1.82, 2.24) is 10.2 Å². The van der Waals surface area contributed by atoms with Gasteiger partial charge in [0.15, 0.2) is 4.34 Å². The smallest absolute Gasteiger partial charge is 0.336 e. The van der Waals surface area contributed by atoms with Crippen LogP contribution in [0, 0.1) is 0 Å². The Labute approximate surface area is 174 Å². The summed E-state index contributed by atoms with van der Waals surface area (Å²) in [5.41, 5.74) is 1.90. The van der Waals surface area contributed by atoms with E-state index >= 15 is 0 Å². The van der Waals surface area contributed by atoms with E-state index in [0.717, 1.165) is 26.7 Å². The van der Waals surface area contributed by atoms with Gasteiger partial charge in [0.05, 0.1) is 14.2 Å². The first-order chi connectivity index (χ1) is 14.1. The number of fused-ring (bicyclic) bond motifs is 1. The Morgan fingerprint density at radius 3 is 2.55 bits per heavy atom. The van der Waals surface area contributed by atoms with Crippen LogP contribution in [0.2, 0.25) is 0 Å². The maximum absolute atomic E-state index is 11.9.